The number of anilines is 1. The van der Waals surface area contributed by atoms with Crippen molar-refractivity contribution in [2.45, 2.75) is 56.6 Å². The number of hydrogen-bond acceptors (Lipinski definition) is 6. The van der Waals surface area contributed by atoms with Crippen LogP contribution in [0.1, 0.15) is 78.3 Å². The normalized spacial score (nSPS) is 26.8. The molecule has 2 heterocycles. The Labute approximate surface area is 342 Å². The predicted octanol–water partition coefficient (Wildman–Crippen LogP) is 9.12. The summed E-state index contributed by atoms with van der Waals surface area (Å²) in [6.07, 6.45) is -15.1. The summed E-state index contributed by atoms with van der Waals surface area (Å²) in [6, 6.07) is 6.92. The van der Waals surface area contributed by atoms with Gasteiger partial charge in [-0.05, 0) is 73.6 Å². The van der Waals surface area contributed by atoms with E-state index in [2.05, 4.69) is 0 Å². The van der Waals surface area contributed by atoms with Gasteiger partial charge in [-0.2, -0.15) is 13.2 Å². The Hall–Kier alpha value is -4.23. The summed E-state index contributed by atoms with van der Waals surface area (Å²) in [5.74, 6) is -5.11. The van der Waals surface area contributed by atoms with Crippen LogP contribution in [-0.4, -0.2) is 66.1 Å². The van der Waals surface area contributed by atoms with Gasteiger partial charge in [-0.25, -0.2) is 8.78 Å². The van der Waals surface area contributed by atoms with Gasteiger partial charge in [-0.15, -0.1) is 11.8 Å². The summed E-state index contributed by atoms with van der Waals surface area (Å²) in [7, 11) is 0.804. The number of carbonyl (C=O) groups is 1. The molecule has 0 radical (unpaired) electrons. The van der Waals surface area contributed by atoms with E-state index in [4.69, 9.17) is 21.2 Å². The predicted molar refractivity (Wildman–Crippen MR) is 203 cm³/mol. The van der Waals surface area contributed by atoms with E-state index in [9.17, 15) is 30.9 Å². The number of rotatable bonds is 12. The molecule has 1 N–H and O–H groups in total. The van der Waals surface area contributed by atoms with Gasteiger partial charge in [-0.3, -0.25) is 4.79 Å². The van der Waals surface area contributed by atoms with Gasteiger partial charge in [0, 0.05) is 74.9 Å². The molecule has 0 aromatic heterocycles. The minimum absolute atomic E-state index is 0.143. The van der Waals surface area contributed by atoms with E-state index in [0.29, 0.717) is 17.9 Å². The number of aliphatic hydroxyl groups excluding tert-OH is 1. The lowest BCUT2D eigenvalue weighted by atomic mass is 9.86. The first-order valence-corrected chi connectivity index (χ1v) is 16.9. The Kier molecular flexibility index (Phi) is 6.89. The fraction of sp³-hybridized carbons (Fsp3) is 0.357. The van der Waals surface area contributed by atoms with Crippen LogP contribution in [-0.2, 0) is 27.9 Å². The SMILES string of the molecule is [2H]C1=C(SC([2H])([2H])c2cccc(F)c2F)N(CC(=O)N(C([2H])([2H])c2ccc(-c3ccc(C(F)(F)F)cc3)cc2)C2(C)C([2H])([2H])C([2H])([2H])N(CC([2H])([2H])OC)C([2H])([2H])C2([2H])[2H])c2c([2H])c([2H])c(C)c([2H])c2C1O. The molecule has 1 fully saturated rings. The number of aliphatic hydroxyl groups is 1. The second kappa shape index (κ2) is 16.6. The standard InChI is InChI=1S/C42H44F5N3O3S/c1-28-7-16-36-34(23-28)37(51)24-39(54-27-32-5-4-6-35(43)40(32)44)49(36)26-38(52)50(41(2)17-19-48(20-18-41)21-22-53-3)25-29-8-10-30(11-9-29)31-12-14-33(15-13-31)42(45,46)47/h4-16,23-24,37,51H,17-22,25-27H2,1-3H3/i7D,16D,17D2,18D2,19D2,20D2,22D2,23D,24D,25D2,27D2. The van der Waals surface area contributed by atoms with Crippen LogP contribution in [0.2, 0.25) is 0 Å². The van der Waals surface area contributed by atoms with Crippen LogP contribution in [0.25, 0.3) is 11.1 Å². The highest BCUT2D eigenvalue weighted by Gasteiger charge is 2.40. The lowest BCUT2D eigenvalue weighted by Gasteiger charge is -2.47. The van der Waals surface area contributed by atoms with E-state index in [-0.39, 0.29) is 38.3 Å². The third-order valence-electron chi connectivity index (χ3n) is 8.10. The average Bonchev–Trinajstić information content (AvgIpc) is 3.28. The minimum atomic E-state index is -4.70. The van der Waals surface area contributed by atoms with Crippen LogP contribution in [0.15, 0.2) is 95.9 Å². The van der Waals surface area contributed by atoms with Crippen LogP contribution >= 0.6 is 11.8 Å². The highest BCUT2D eigenvalue weighted by Crippen LogP contribution is 2.42. The highest BCUT2D eigenvalue weighted by atomic mass is 32.2. The summed E-state index contributed by atoms with van der Waals surface area (Å²) in [5.41, 5.74) is -11.0. The number of ether oxygens (including phenoxy) is 1. The van der Waals surface area contributed by atoms with E-state index in [0.717, 1.165) is 67.8 Å². The Balaban J connectivity index is 1.64. The van der Waals surface area contributed by atoms with Crippen molar-refractivity contribution in [3.8, 4) is 11.1 Å². The molecule has 286 valence electrons. The Morgan fingerprint density at radius 3 is 2.39 bits per heavy atom. The van der Waals surface area contributed by atoms with E-state index >= 15 is 9.18 Å². The molecule has 0 saturated carbocycles. The van der Waals surface area contributed by atoms with Gasteiger partial charge in [0.25, 0.3) is 0 Å². The molecule has 54 heavy (non-hydrogen) atoms. The summed E-state index contributed by atoms with van der Waals surface area (Å²) >= 11 is -0.163. The average molecular weight is 784 g/mol. The van der Waals surface area contributed by atoms with Gasteiger partial charge in [0.15, 0.2) is 11.6 Å². The summed E-state index contributed by atoms with van der Waals surface area (Å²) in [6.45, 7) is -16.0. The molecule has 0 bridgehead atoms. The maximum atomic E-state index is 15.7. The van der Waals surface area contributed by atoms with E-state index < -0.39 is 150 Å². The molecule has 1 amide bonds. The number of hydrogen-bond donors (Lipinski definition) is 1. The van der Waals surface area contributed by atoms with Gasteiger partial charge in [0.2, 0.25) is 5.91 Å². The number of fused-ring (bicyclic) bond motifs is 1. The zero-order valence-electron chi connectivity index (χ0n) is 46.7. The quantitative estimate of drug-likeness (QED) is 0.145. The van der Waals surface area contributed by atoms with Crippen molar-refractivity contribution in [2.75, 3.05) is 44.7 Å². The number of thioether (sulfide) groups is 1. The van der Waals surface area contributed by atoms with Gasteiger partial charge in [0.05, 0.1) is 28.1 Å². The molecule has 0 aliphatic carbocycles. The molecular formula is C42H44F5N3O3S. The zero-order valence-corrected chi connectivity index (χ0v) is 29.6. The molecule has 0 spiro atoms. The molecule has 1 atom stereocenters. The molecular weight excluding hydrogens is 722 g/mol. The first-order chi connectivity index (χ1) is 32.7. The third kappa shape index (κ3) is 9.00. The summed E-state index contributed by atoms with van der Waals surface area (Å²) in [5, 5.41) is 10.6. The fourth-order valence-corrected chi connectivity index (χ4v) is 6.09. The van der Waals surface area contributed by atoms with Gasteiger partial charge in [0.1, 0.15) is 12.6 Å². The van der Waals surface area contributed by atoms with Gasteiger partial charge in [-0.1, -0.05) is 66.2 Å². The Morgan fingerprint density at radius 2 is 1.74 bits per heavy atom. The summed E-state index contributed by atoms with van der Waals surface area (Å²) < 4.78 is 238. The van der Waals surface area contributed by atoms with Crippen LogP contribution in [0.5, 0.6) is 0 Å². The first-order valence-electron chi connectivity index (χ1n) is 25.0. The zero-order chi connectivity index (χ0) is 54.7. The smallest absolute Gasteiger partial charge is 0.384 e. The molecule has 1 saturated heterocycles. The number of amides is 1. The Bertz CT molecular complexity index is 2790. The number of methoxy groups -OCH3 is 1. The molecule has 2 aliphatic rings. The number of nitrogens with zero attached hydrogens (tertiary/aromatic N) is 3. The van der Waals surface area contributed by atoms with Crippen molar-refractivity contribution in [1.82, 2.24) is 9.80 Å². The van der Waals surface area contributed by atoms with Gasteiger partial charge < -0.3 is 24.5 Å². The van der Waals surface area contributed by atoms with Crippen molar-refractivity contribution in [2.24, 2.45) is 0 Å². The van der Waals surface area contributed by atoms with Crippen molar-refractivity contribution in [3.05, 3.63) is 135 Å². The van der Waals surface area contributed by atoms with Crippen molar-refractivity contribution in [3.63, 3.8) is 0 Å². The molecule has 12 heteroatoms. The molecule has 2 aliphatic heterocycles. The number of carbonyl (C=O) groups excluding carboxylic acids is 1. The molecule has 4 aromatic rings. The largest absolute Gasteiger partial charge is 0.416 e. The third-order valence-corrected chi connectivity index (χ3v) is 8.95. The van der Waals surface area contributed by atoms with Gasteiger partial charge >= 0.3 is 6.18 Å². The highest BCUT2D eigenvalue weighted by molar-refractivity contribution is 8.02. The first kappa shape index (κ1) is 22.4. The molecule has 1 unspecified atom stereocenters. The topological polar surface area (TPSA) is 56.3 Å². The number of alkyl halides is 3. The number of piperidine rings is 1. The van der Waals surface area contributed by atoms with Crippen LogP contribution in [0, 0.1) is 18.6 Å². The summed E-state index contributed by atoms with van der Waals surface area (Å²) in [4.78, 5) is 15.8. The van der Waals surface area contributed by atoms with Crippen LogP contribution < -0.4 is 4.90 Å². The van der Waals surface area contributed by atoms with E-state index in [1.54, 1.807) is 0 Å². The number of halogens is 5. The maximum absolute atomic E-state index is 15.7. The fourth-order valence-electron chi connectivity index (χ4n) is 5.29. The molecule has 6 nitrogen and oxygen atoms in total. The second-order valence-electron chi connectivity index (χ2n) is 12.0. The Morgan fingerprint density at radius 1 is 1.07 bits per heavy atom. The number of likely N-dealkylation sites (tertiary alicyclic amines) is 1. The minimum Gasteiger partial charge on any atom is -0.384 e. The molecule has 6 rings (SSSR count). The van der Waals surface area contributed by atoms with Crippen molar-refractivity contribution in [1.29, 1.82) is 0 Å². The van der Waals surface area contributed by atoms with Crippen LogP contribution in [0.3, 0.4) is 0 Å². The molecule has 4 aromatic carbocycles. The number of benzene rings is 4. The van der Waals surface area contributed by atoms with Crippen molar-refractivity contribution >= 4 is 23.4 Å². The van der Waals surface area contributed by atoms with Crippen LogP contribution in [0.4, 0.5) is 27.6 Å². The monoisotopic (exact) mass is 783 g/mol. The second-order valence-corrected chi connectivity index (χ2v) is 12.8. The van der Waals surface area contributed by atoms with Crippen molar-refractivity contribution < 1.29 is 61.3 Å². The van der Waals surface area contributed by atoms with E-state index in [1.807, 2.05) is 0 Å². The lowest BCUT2D eigenvalue weighted by molar-refractivity contribution is -0.139. The lowest BCUT2D eigenvalue weighted by Crippen LogP contribution is -2.57. The maximum Gasteiger partial charge on any atom is 0.416 e. The van der Waals surface area contributed by atoms with E-state index in [1.165, 1.54) is 6.92 Å².